The molecule has 5 N–H and O–H groups in total. The molecule has 2 saturated heterocycles. The number of aromatic amines is 2. The van der Waals surface area contributed by atoms with Gasteiger partial charge in [-0.05, 0) is 131 Å². The fraction of sp³-hybridized carbons (Fsp3) is 0.412. The van der Waals surface area contributed by atoms with Gasteiger partial charge in [-0.3, -0.25) is 9.59 Å². The average Bonchev–Trinajstić information content (AvgIpc) is 4.15. The first kappa shape index (κ1) is 47.9. The molecule has 0 radical (unpaired) electrons. The summed E-state index contributed by atoms with van der Waals surface area (Å²) in [6.07, 6.45) is 3.28. The van der Waals surface area contributed by atoms with E-state index >= 15 is 8.78 Å². The number of carboxylic acid groups (broad SMARTS) is 1. The third kappa shape index (κ3) is 10.4. The summed E-state index contributed by atoms with van der Waals surface area (Å²) >= 11 is 3.06. The Balaban J connectivity index is 0.944. The number of methoxy groups -OCH3 is 1. The number of fused-ring (bicyclic) bond motifs is 2. The number of H-pyrrole nitrogens is 2. The van der Waals surface area contributed by atoms with Crippen LogP contribution in [0.3, 0.4) is 0 Å². The second kappa shape index (κ2) is 20.8. The van der Waals surface area contributed by atoms with E-state index in [9.17, 15) is 24.3 Å². The Morgan fingerprint density at radius 1 is 0.696 bits per heavy atom. The van der Waals surface area contributed by atoms with Crippen molar-refractivity contribution in [3.8, 4) is 22.3 Å². The smallest absolute Gasteiger partial charge is 0.407 e. The summed E-state index contributed by atoms with van der Waals surface area (Å²) in [5.41, 5.74) is 12.0. The molecule has 4 heterocycles. The van der Waals surface area contributed by atoms with E-state index in [4.69, 9.17) is 14.7 Å². The molecule has 2 aliphatic heterocycles. The van der Waals surface area contributed by atoms with Crippen LogP contribution >= 0.6 is 23.5 Å². The summed E-state index contributed by atoms with van der Waals surface area (Å²) < 4.78 is 34.9. The van der Waals surface area contributed by atoms with Crippen LogP contribution in [0.25, 0.3) is 44.3 Å². The van der Waals surface area contributed by atoms with Gasteiger partial charge in [0.05, 0.1) is 54.3 Å². The molecule has 6 aromatic rings. The maximum absolute atomic E-state index is 15.1. The van der Waals surface area contributed by atoms with Gasteiger partial charge in [0, 0.05) is 12.8 Å². The van der Waals surface area contributed by atoms with E-state index in [-0.39, 0.29) is 31.8 Å². The van der Waals surface area contributed by atoms with E-state index in [2.05, 4.69) is 81.3 Å². The predicted octanol–water partition coefficient (Wildman–Crippen LogP) is 8.75. The number of carbonyl (C=O) groups is 4. The zero-order valence-corrected chi connectivity index (χ0v) is 40.4. The van der Waals surface area contributed by atoms with Crippen LogP contribution < -0.4 is 10.6 Å². The fourth-order valence-electron chi connectivity index (χ4n) is 10.1. The maximum Gasteiger partial charge on any atom is 0.407 e. The number of rotatable bonds is 14. The minimum atomic E-state index is -1.30. The van der Waals surface area contributed by atoms with Gasteiger partial charge in [-0.15, -0.1) is 0 Å². The van der Waals surface area contributed by atoms with Crippen molar-refractivity contribution in [2.45, 2.75) is 87.9 Å². The number of alkyl carbamates (subject to hydrolysis) is 1. The topological polar surface area (TPSA) is 186 Å². The number of amides is 4. The van der Waals surface area contributed by atoms with Gasteiger partial charge >= 0.3 is 12.2 Å². The summed E-state index contributed by atoms with van der Waals surface area (Å²) in [6, 6.07) is 22.5. The van der Waals surface area contributed by atoms with Crippen molar-refractivity contribution < 1.29 is 37.8 Å². The van der Waals surface area contributed by atoms with E-state index in [1.807, 2.05) is 24.6 Å². The van der Waals surface area contributed by atoms with Crippen LogP contribution in [0.5, 0.6) is 0 Å². The lowest BCUT2D eigenvalue weighted by atomic mass is 9.87. The molecule has 362 valence electrons. The van der Waals surface area contributed by atoms with Crippen LogP contribution in [0.2, 0.25) is 0 Å². The third-order valence-corrected chi connectivity index (χ3v) is 14.9. The molecule has 18 heteroatoms. The van der Waals surface area contributed by atoms with Crippen LogP contribution in [-0.2, 0) is 40.0 Å². The van der Waals surface area contributed by atoms with E-state index in [0.717, 1.165) is 59.0 Å². The Morgan fingerprint density at radius 3 is 1.59 bits per heavy atom. The van der Waals surface area contributed by atoms with Crippen molar-refractivity contribution in [2.75, 3.05) is 44.2 Å². The fourth-order valence-corrected chi connectivity index (χ4v) is 11.1. The van der Waals surface area contributed by atoms with Crippen molar-refractivity contribution in [1.82, 2.24) is 40.4 Å². The number of nitrogens with one attached hydrogen (secondary N) is 4. The first-order valence-corrected chi connectivity index (χ1v) is 26.1. The highest BCUT2D eigenvalue weighted by Crippen LogP contribution is 2.38. The lowest BCUT2D eigenvalue weighted by molar-refractivity contribution is -0.135. The van der Waals surface area contributed by atoms with E-state index in [1.54, 1.807) is 11.8 Å². The molecular weight excluding hydrogens is 923 g/mol. The SMILES string of the molecule is COC(=O)N[C@@H](CCSC)C(=O)N1C[C@H](F)C[C@H]1c1nc2ccc(-c3cc4ccc3CCc3ccc(c(-c5ccc6nc([C@@H]7C[C@@H](F)CN7C(=O)[C@H](CCSC)NC(=O)O)[nH]c6c5)c3)CC4)cc2[nH]1. The summed E-state index contributed by atoms with van der Waals surface area (Å²) in [7, 11) is 1.25. The molecule has 12 rings (SSSR count). The summed E-state index contributed by atoms with van der Waals surface area (Å²) in [6.45, 7) is -0.217. The van der Waals surface area contributed by atoms with Gasteiger partial charge in [-0.2, -0.15) is 23.5 Å². The highest BCUT2D eigenvalue weighted by Gasteiger charge is 2.42. The Bertz CT molecular complexity index is 2890. The van der Waals surface area contributed by atoms with Crippen LogP contribution in [0.4, 0.5) is 18.4 Å². The summed E-state index contributed by atoms with van der Waals surface area (Å²) in [5.74, 6) is 1.36. The number of halogens is 2. The Hall–Kier alpha value is -6.14. The minimum absolute atomic E-state index is 0.0672. The van der Waals surface area contributed by atoms with Crippen molar-refractivity contribution in [3.05, 3.63) is 107 Å². The number of carbonyl (C=O) groups excluding carboxylic acids is 3. The molecule has 0 saturated carbocycles. The number of nitrogens with zero attached hydrogens (tertiary/aromatic N) is 4. The van der Waals surface area contributed by atoms with Gasteiger partial charge in [-0.25, -0.2) is 28.3 Å². The minimum Gasteiger partial charge on any atom is -0.465 e. The van der Waals surface area contributed by atoms with Gasteiger partial charge in [0.1, 0.15) is 36.1 Å². The Labute approximate surface area is 407 Å². The van der Waals surface area contributed by atoms with Gasteiger partial charge in [0.25, 0.3) is 0 Å². The Morgan fingerprint density at radius 2 is 1.16 bits per heavy atom. The summed E-state index contributed by atoms with van der Waals surface area (Å²) in [4.78, 5) is 70.6. The average molecular weight is 979 g/mol. The number of benzene rings is 4. The molecule has 4 bridgehead atoms. The molecule has 2 fully saturated rings. The monoisotopic (exact) mass is 978 g/mol. The van der Waals surface area contributed by atoms with Crippen LogP contribution in [0.1, 0.15) is 71.7 Å². The van der Waals surface area contributed by atoms with Gasteiger partial charge in [0.15, 0.2) is 0 Å². The van der Waals surface area contributed by atoms with Crippen molar-refractivity contribution in [1.29, 1.82) is 0 Å². The number of aryl methyl sites for hydroxylation is 4. The second-order valence-corrected chi connectivity index (χ2v) is 20.1. The first-order chi connectivity index (χ1) is 33.4. The van der Waals surface area contributed by atoms with Crippen molar-refractivity contribution in [2.24, 2.45) is 0 Å². The first-order valence-electron chi connectivity index (χ1n) is 23.3. The standard InChI is InChI=1S/C51H56F2N8O6S2/c1-67-51(66)59-41(17-19-69-3)49(63)61-27-35(53)25-45(61)47-55-39-15-13-33(23-43(39)57-47)37-21-29-5-9-30-8-4-28(6-10-31(37)11-7-29)20-36(30)32-12-14-38-42(22-32)56-46(54-38)44-24-34(52)26-60(44)48(62)40(16-18-68-2)58-50(64)65/h4,7-8,11-15,20-23,34-35,40-41,44-45,58H,5-6,9-10,16-19,24-27H2,1-3H3,(H,54,56)(H,55,57)(H,59,66)(H,64,65)/t34-,35-,40+,41+,44+,45+/m1/s1. The number of alkyl halides is 2. The molecule has 6 aliphatic rings. The van der Waals surface area contributed by atoms with Crippen LogP contribution in [0.15, 0.2) is 72.8 Å². The predicted molar refractivity (Wildman–Crippen MR) is 266 cm³/mol. The number of imidazole rings is 2. The molecular formula is C51H56F2N8O6S2. The molecule has 4 aromatic carbocycles. The molecule has 4 aliphatic carbocycles. The van der Waals surface area contributed by atoms with Crippen molar-refractivity contribution in [3.63, 3.8) is 0 Å². The van der Waals surface area contributed by atoms with Crippen LogP contribution in [0, 0.1) is 0 Å². The quantitative estimate of drug-likeness (QED) is 0.0707. The van der Waals surface area contributed by atoms with Gasteiger partial charge < -0.3 is 40.2 Å². The van der Waals surface area contributed by atoms with Crippen molar-refractivity contribution >= 4 is 69.6 Å². The van der Waals surface area contributed by atoms with Gasteiger partial charge in [-0.1, -0.05) is 48.5 Å². The number of hydrogen-bond acceptors (Lipinski definition) is 9. The highest BCUT2D eigenvalue weighted by atomic mass is 32.2. The second-order valence-electron chi connectivity index (χ2n) is 18.1. The zero-order valence-electron chi connectivity index (χ0n) is 38.7. The number of aromatic nitrogens is 4. The number of hydrogen-bond donors (Lipinski definition) is 5. The van der Waals surface area contributed by atoms with E-state index in [0.29, 0.717) is 47.0 Å². The third-order valence-electron chi connectivity index (χ3n) is 13.6. The maximum atomic E-state index is 15.1. The molecule has 6 atom stereocenters. The number of ether oxygens (including phenoxy) is 1. The van der Waals surface area contributed by atoms with E-state index in [1.165, 1.54) is 50.9 Å². The normalized spacial score (nSPS) is 20.0. The molecule has 69 heavy (non-hydrogen) atoms. The largest absolute Gasteiger partial charge is 0.465 e. The molecule has 4 amide bonds. The summed E-state index contributed by atoms with van der Waals surface area (Å²) in [5, 5.41) is 14.4. The molecule has 2 aromatic heterocycles. The molecule has 14 nitrogen and oxygen atoms in total. The molecule has 0 spiro atoms. The lowest BCUT2D eigenvalue weighted by Crippen LogP contribution is -2.49. The zero-order chi connectivity index (χ0) is 48.3. The number of likely N-dealkylation sites (tertiary alicyclic amines) is 2. The molecule has 0 unspecified atom stereocenters. The lowest BCUT2D eigenvalue weighted by Gasteiger charge is -2.27. The highest BCUT2D eigenvalue weighted by molar-refractivity contribution is 7.98. The number of thioether (sulfide) groups is 2. The van der Waals surface area contributed by atoms with Gasteiger partial charge in [0.2, 0.25) is 11.8 Å². The Kier molecular flexibility index (Phi) is 14.5. The van der Waals surface area contributed by atoms with Crippen LogP contribution in [-0.4, -0.2) is 127 Å². The van der Waals surface area contributed by atoms with E-state index < -0.39 is 54.6 Å².